The Bertz CT molecular complexity index is 597. The number of aryl methyl sites for hydroxylation is 1. The first-order chi connectivity index (χ1) is 12.2. The number of likely N-dealkylation sites (tertiary alicyclic amines) is 1. The van der Waals surface area contributed by atoms with E-state index in [4.69, 9.17) is 4.74 Å². The van der Waals surface area contributed by atoms with Crippen LogP contribution in [-0.4, -0.2) is 57.2 Å². The molecular weight excluding hydrogens is 312 g/mol. The average Bonchev–Trinajstić information content (AvgIpc) is 3.37. The van der Waals surface area contributed by atoms with Gasteiger partial charge in [-0.3, -0.25) is 4.99 Å². The molecule has 1 aliphatic heterocycles. The summed E-state index contributed by atoms with van der Waals surface area (Å²) in [4.78, 5) is 7.02. The molecule has 1 heterocycles. The van der Waals surface area contributed by atoms with Crippen LogP contribution in [0.3, 0.4) is 0 Å². The Hall–Kier alpha value is -1.75. The summed E-state index contributed by atoms with van der Waals surface area (Å²) < 4.78 is 5.46. The van der Waals surface area contributed by atoms with Gasteiger partial charge in [-0.25, -0.2) is 0 Å². The van der Waals surface area contributed by atoms with Gasteiger partial charge in [0.05, 0.1) is 7.11 Å². The summed E-state index contributed by atoms with van der Waals surface area (Å²) in [6.07, 6.45) is 5.04. The van der Waals surface area contributed by atoms with E-state index in [-0.39, 0.29) is 0 Å². The summed E-state index contributed by atoms with van der Waals surface area (Å²) in [5.41, 5.74) is 2.50. The molecule has 138 valence electrons. The largest absolute Gasteiger partial charge is 0.496 e. The molecule has 2 fully saturated rings. The molecule has 3 rings (SSSR count). The molecule has 2 N–H and O–H groups in total. The van der Waals surface area contributed by atoms with Crippen LogP contribution in [0.1, 0.15) is 30.4 Å². The highest BCUT2D eigenvalue weighted by atomic mass is 16.5. The van der Waals surface area contributed by atoms with Crippen LogP contribution < -0.4 is 15.4 Å². The second kappa shape index (κ2) is 8.56. The molecule has 5 heteroatoms. The Morgan fingerprint density at radius 2 is 2.12 bits per heavy atom. The van der Waals surface area contributed by atoms with Crippen molar-refractivity contribution in [3.8, 4) is 5.75 Å². The molecule has 1 saturated heterocycles. The SMILES string of the molecule is CN=C(NCCc1cc(C)ccc1OC)NCC1CCN(C2CC2)C1. The van der Waals surface area contributed by atoms with E-state index in [0.29, 0.717) is 0 Å². The van der Waals surface area contributed by atoms with E-state index in [1.54, 1.807) is 7.11 Å². The number of nitrogens with one attached hydrogen (secondary N) is 2. The summed E-state index contributed by atoms with van der Waals surface area (Å²) in [6, 6.07) is 7.22. The van der Waals surface area contributed by atoms with Gasteiger partial charge in [-0.15, -0.1) is 0 Å². The van der Waals surface area contributed by atoms with Gasteiger partial charge in [-0.05, 0) is 56.7 Å². The van der Waals surface area contributed by atoms with Crippen molar-refractivity contribution in [3.05, 3.63) is 29.3 Å². The van der Waals surface area contributed by atoms with Crippen LogP contribution in [0.5, 0.6) is 5.75 Å². The number of rotatable bonds is 7. The monoisotopic (exact) mass is 344 g/mol. The summed E-state index contributed by atoms with van der Waals surface area (Å²) in [7, 11) is 3.57. The second-order valence-corrected chi connectivity index (χ2v) is 7.33. The highest BCUT2D eigenvalue weighted by Gasteiger charge is 2.34. The molecule has 0 radical (unpaired) electrons. The zero-order valence-electron chi connectivity index (χ0n) is 15.8. The van der Waals surface area contributed by atoms with E-state index >= 15 is 0 Å². The van der Waals surface area contributed by atoms with Gasteiger partial charge in [0.15, 0.2) is 5.96 Å². The molecule has 1 saturated carbocycles. The number of aliphatic imine (C=N–C) groups is 1. The van der Waals surface area contributed by atoms with Crippen molar-refractivity contribution in [2.24, 2.45) is 10.9 Å². The first-order valence-corrected chi connectivity index (χ1v) is 9.51. The van der Waals surface area contributed by atoms with Gasteiger partial charge in [-0.2, -0.15) is 0 Å². The Kier molecular flexibility index (Phi) is 6.19. The molecular formula is C20H32N4O. The fraction of sp³-hybridized carbons (Fsp3) is 0.650. The highest BCUT2D eigenvalue weighted by Crippen LogP contribution is 2.31. The molecule has 25 heavy (non-hydrogen) atoms. The first kappa shape index (κ1) is 18.1. The van der Waals surface area contributed by atoms with Crippen molar-refractivity contribution in [2.75, 3.05) is 40.3 Å². The Balaban J connectivity index is 1.40. The lowest BCUT2D eigenvalue weighted by Crippen LogP contribution is -2.41. The van der Waals surface area contributed by atoms with Crippen LogP contribution in [0.15, 0.2) is 23.2 Å². The van der Waals surface area contributed by atoms with Gasteiger partial charge >= 0.3 is 0 Å². The van der Waals surface area contributed by atoms with Gasteiger partial charge in [0, 0.05) is 32.7 Å². The first-order valence-electron chi connectivity index (χ1n) is 9.51. The third-order valence-electron chi connectivity index (χ3n) is 5.29. The van der Waals surface area contributed by atoms with Crippen LogP contribution >= 0.6 is 0 Å². The van der Waals surface area contributed by atoms with E-state index in [1.165, 1.54) is 43.5 Å². The molecule has 1 unspecified atom stereocenters. The van der Waals surface area contributed by atoms with Crippen LogP contribution in [0, 0.1) is 12.8 Å². The lowest BCUT2D eigenvalue weighted by atomic mass is 10.1. The van der Waals surface area contributed by atoms with Gasteiger partial charge in [0.2, 0.25) is 0 Å². The van der Waals surface area contributed by atoms with Crippen LogP contribution in [0.25, 0.3) is 0 Å². The number of nitrogens with zero attached hydrogens (tertiary/aromatic N) is 2. The molecule has 2 aliphatic rings. The summed E-state index contributed by atoms with van der Waals surface area (Å²) in [5, 5.41) is 6.93. The standard InChI is InChI=1S/C20H32N4O/c1-15-4-7-19(25-3)17(12-15)8-10-22-20(21-2)23-13-16-9-11-24(14-16)18-5-6-18/h4,7,12,16,18H,5-6,8-11,13-14H2,1-3H3,(H2,21,22,23). The van der Waals surface area contributed by atoms with Crippen LogP contribution in [0.2, 0.25) is 0 Å². The quantitative estimate of drug-likeness (QED) is 0.588. The maximum absolute atomic E-state index is 5.46. The lowest BCUT2D eigenvalue weighted by molar-refractivity contribution is 0.314. The Morgan fingerprint density at radius 3 is 2.84 bits per heavy atom. The number of methoxy groups -OCH3 is 1. The van der Waals surface area contributed by atoms with Crippen molar-refractivity contribution in [2.45, 2.75) is 38.6 Å². The second-order valence-electron chi connectivity index (χ2n) is 7.33. The van der Waals surface area contributed by atoms with Crippen molar-refractivity contribution < 1.29 is 4.74 Å². The minimum atomic E-state index is 0.746. The zero-order chi connectivity index (χ0) is 17.6. The van der Waals surface area contributed by atoms with Gasteiger partial charge in [-0.1, -0.05) is 17.7 Å². The van der Waals surface area contributed by atoms with E-state index < -0.39 is 0 Å². The smallest absolute Gasteiger partial charge is 0.190 e. The normalized spacial score (nSPS) is 21.4. The number of guanidine groups is 1. The van der Waals surface area contributed by atoms with E-state index in [9.17, 15) is 0 Å². The molecule has 1 aliphatic carbocycles. The number of hydrogen-bond donors (Lipinski definition) is 2. The number of hydrogen-bond acceptors (Lipinski definition) is 3. The molecule has 1 aromatic rings. The maximum atomic E-state index is 5.46. The van der Waals surface area contributed by atoms with Crippen LogP contribution in [0.4, 0.5) is 0 Å². The number of ether oxygens (including phenoxy) is 1. The zero-order valence-corrected chi connectivity index (χ0v) is 15.8. The van der Waals surface area contributed by atoms with E-state index in [0.717, 1.165) is 43.2 Å². The third-order valence-corrected chi connectivity index (χ3v) is 5.29. The Morgan fingerprint density at radius 1 is 1.28 bits per heavy atom. The summed E-state index contributed by atoms with van der Waals surface area (Å²) in [5.74, 6) is 2.61. The Labute approximate surface area is 151 Å². The maximum Gasteiger partial charge on any atom is 0.190 e. The van der Waals surface area contributed by atoms with Crippen molar-refractivity contribution in [1.82, 2.24) is 15.5 Å². The molecule has 1 atom stereocenters. The van der Waals surface area contributed by atoms with Gasteiger partial charge in [0.25, 0.3) is 0 Å². The van der Waals surface area contributed by atoms with Crippen LogP contribution in [-0.2, 0) is 6.42 Å². The predicted molar refractivity (Wildman–Crippen MR) is 104 cm³/mol. The fourth-order valence-electron chi connectivity index (χ4n) is 3.68. The highest BCUT2D eigenvalue weighted by molar-refractivity contribution is 5.79. The molecule has 0 aromatic heterocycles. The topological polar surface area (TPSA) is 48.9 Å². The minimum Gasteiger partial charge on any atom is -0.496 e. The molecule has 0 spiro atoms. The van der Waals surface area contributed by atoms with Crippen molar-refractivity contribution >= 4 is 5.96 Å². The van der Waals surface area contributed by atoms with E-state index in [2.05, 4.69) is 39.6 Å². The summed E-state index contributed by atoms with van der Waals surface area (Å²) in [6.45, 7) is 6.49. The molecule has 0 amide bonds. The lowest BCUT2D eigenvalue weighted by Gasteiger charge is -2.17. The van der Waals surface area contributed by atoms with Gasteiger partial charge in [0.1, 0.15) is 5.75 Å². The average molecular weight is 345 g/mol. The third kappa shape index (κ3) is 5.11. The summed E-state index contributed by atoms with van der Waals surface area (Å²) >= 11 is 0. The molecule has 5 nitrogen and oxygen atoms in total. The number of benzene rings is 1. The van der Waals surface area contributed by atoms with Crippen molar-refractivity contribution in [3.63, 3.8) is 0 Å². The predicted octanol–water partition coefficient (Wildman–Crippen LogP) is 2.20. The van der Waals surface area contributed by atoms with Crippen molar-refractivity contribution in [1.29, 1.82) is 0 Å². The van der Waals surface area contributed by atoms with Gasteiger partial charge < -0.3 is 20.3 Å². The molecule has 0 bridgehead atoms. The van der Waals surface area contributed by atoms with E-state index in [1.807, 2.05) is 13.1 Å². The minimum absolute atomic E-state index is 0.746. The fourth-order valence-corrected chi connectivity index (χ4v) is 3.68. The molecule has 1 aromatic carbocycles.